The molecule has 0 aliphatic heterocycles. The third-order valence-electron chi connectivity index (χ3n) is 1.73. The monoisotopic (exact) mass is 232 g/mol. The summed E-state index contributed by atoms with van der Waals surface area (Å²) in [6.45, 7) is 1.29. The van der Waals surface area contributed by atoms with Gasteiger partial charge in [-0.1, -0.05) is 17.7 Å². The second kappa shape index (κ2) is 3.71. The summed E-state index contributed by atoms with van der Waals surface area (Å²) in [5, 5.41) is 0.167. The van der Waals surface area contributed by atoms with E-state index >= 15 is 0 Å². The first-order valence-electron chi connectivity index (χ1n) is 3.83. The smallest absolute Gasteiger partial charge is 0.176 e. The van der Waals surface area contributed by atoms with Gasteiger partial charge in [0.05, 0.1) is 15.5 Å². The second-order valence-electron chi connectivity index (χ2n) is 2.94. The van der Waals surface area contributed by atoms with E-state index in [0.717, 1.165) is 6.26 Å². The summed E-state index contributed by atoms with van der Waals surface area (Å²) < 4.78 is 22.6. The normalized spacial score (nSPS) is 11.4. The fraction of sp³-hybridized carbons (Fsp3) is 0.222. The fourth-order valence-corrected chi connectivity index (χ4v) is 2.47. The van der Waals surface area contributed by atoms with E-state index in [2.05, 4.69) is 0 Å². The molecular weight excluding hydrogens is 224 g/mol. The van der Waals surface area contributed by atoms with Gasteiger partial charge in [0.2, 0.25) is 0 Å². The van der Waals surface area contributed by atoms with Crippen molar-refractivity contribution in [1.82, 2.24) is 0 Å². The van der Waals surface area contributed by atoms with E-state index in [1.807, 2.05) is 0 Å². The summed E-state index contributed by atoms with van der Waals surface area (Å²) in [5.74, 6) is -0.351. The van der Waals surface area contributed by atoms with Crippen molar-refractivity contribution < 1.29 is 13.2 Å². The zero-order chi connectivity index (χ0) is 10.9. The Morgan fingerprint density at radius 2 is 1.93 bits per heavy atom. The molecule has 0 heterocycles. The van der Waals surface area contributed by atoms with Crippen LogP contribution in [0.1, 0.15) is 17.3 Å². The third-order valence-corrected chi connectivity index (χ3v) is 3.18. The zero-order valence-corrected chi connectivity index (χ0v) is 9.32. The van der Waals surface area contributed by atoms with E-state index in [1.54, 1.807) is 0 Å². The molecule has 76 valence electrons. The zero-order valence-electron chi connectivity index (χ0n) is 7.74. The van der Waals surface area contributed by atoms with E-state index in [1.165, 1.54) is 25.1 Å². The van der Waals surface area contributed by atoms with Gasteiger partial charge in [-0.2, -0.15) is 0 Å². The molecule has 0 bridgehead atoms. The van der Waals surface area contributed by atoms with Gasteiger partial charge in [0.25, 0.3) is 0 Å². The summed E-state index contributed by atoms with van der Waals surface area (Å²) in [6, 6.07) is 4.37. The van der Waals surface area contributed by atoms with E-state index in [-0.39, 0.29) is 21.3 Å². The van der Waals surface area contributed by atoms with Gasteiger partial charge in [-0.3, -0.25) is 4.79 Å². The Balaban J connectivity index is 3.61. The lowest BCUT2D eigenvalue weighted by atomic mass is 10.1. The van der Waals surface area contributed by atoms with Crippen LogP contribution in [0.2, 0.25) is 5.02 Å². The molecule has 0 spiro atoms. The minimum atomic E-state index is -3.41. The average Bonchev–Trinajstić information content (AvgIpc) is 2.01. The Morgan fingerprint density at radius 3 is 2.29 bits per heavy atom. The van der Waals surface area contributed by atoms with Crippen molar-refractivity contribution in [1.29, 1.82) is 0 Å². The largest absolute Gasteiger partial charge is 0.294 e. The molecule has 1 aromatic carbocycles. The van der Waals surface area contributed by atoms with Crippen LogP contribution < -0.4 is 0 Å². The lowest BCUT2D eigenvalue weighted by Crippen LogP contribution is -2.06. The van der Waals surface area contributed by atoms with Crippen LogP contribution in [0.25, 0.3) is 0 Å². The van der Waals surface area contributed by atoms with Gasteiger partial charge < -0.3 is 0 Å². The van der Waals surface area contributed by atoms with E-state index in [4.69, 9.17) is 11.6 Å². The minimum Gasteiger partial charge on any atom is -0.294 e. The van der Waals surface area contributed by atoms with Gasteiger partial charge in [0.15, 0.2) is 15.6 Å². The predicted octanol–water partition coefficient (Wildman–Crippen LogP) is 1.95. The number of hydrogen-bond acceptors (Lipinski definition) is 3. The molecule has 0 saturated carbocycles. The number of carbonyl (C=O) groups excluding carboxylic acids is 1. The number of halogens is 1. The summed E-state index contributed by atoms with van der Waals surface area (Å²) in [7, 11) is -3.41. The second-order valence-corrected chi connectivity index (χ2v) is 5.33. The summed E-state index contributed by atoms with van der Waals surface area (Å²) in [6.07, 6.45) is 1.05. The number of rotatable bonds is 2. The maximum absolute atomic E-state index is 11.3. The van der Waals surface area contributed by atoms with Crippen LogP contribution in [-0.4, -0.2) is 20.5 Å². The molecule has 14 heavy (non-hydrogen) atoms. The Labute approximate surface area is 87.6 Å². The molecule has 0 amide bonds. The quantitative estimate of drug-likeness (QED) is 0.733. The topological polar surface area (TPSA) is 51.2 Å². The van der Waals surface area contributed by atoms with E-state index in [0.29, 0.717) is 0 Å². The molecule has 0 radical (unpaired) electrons. The minimum absolute atomic E-state index is 0.0162. The van der Waals surface area contributed by atoms with Crippen LogP contribution in [-0.2, 0) is 9.84 Å². The summed E-state index contributed by atoms with van der Waals surface area (Å²) in [4.78, 5) is 11.2. The highest BCUT2D eigenvalue weighted by molar-refractivity contribution is 7.90. The predicted molar refractivity (Wildman–Crippen MR) is 54.6 cm³/mol. The molecule has 0 saturated heterocycles. The Morgan fingerprint density at radius 1 is 1.36 bits per heavy atom. The Bertz CT molecular complexity index is 477. The van der Waals surface area contributed by atoms with Gasteiger partial charge in [0.1, 0.15) is 0 Å². The van der Waals surface area contributed by atoms with E-state index < -0.39 is 9.84 Å². The molecular formula is C9H9ClO3S. The highest BCUT2D eigenvalue weighted by atomic mass is 35.5. The standard InChI is InChI=1S/C9H9ClO3S/c1-6(11)9-7(10)4-3-5-8(9)14(2,12)13/h3-5H,1-2H3. The Kier molecular flexibility index (Phi) is 2.97. The average molecular weight is 233 g/mol. The molecule has 0 unspecified atom stereocenters. The number of Topliss-reactive ketones (excluding diaryl/α,β-unsaturated/α-hetero) is 1. The van der Waals surface area contributed by atoms with Crippen molar-refractivity contribution in [3.8, 4) is 0 Å². The van der Waals surface area contributed by atoms with Gasteiger partial charge in [-0.25, -0.2) is 8.42 Å². The van der Waals surface area contributed by atoms with Crippen LogP contribution in [0.4, 0.5) is 0 Å². The third kappa shape index (κ3) is 2.13. The lowest BCUT2D eigenvalue weighted by molar-refractivity contribution is 0.101. The molecule has 0 aromatic heterocycles. The molecule has 0 atom stereocenters. The van der Waals surface area contributed by atoms with Crippen molar-refractivity contribution in [3.63, 3.8) is 0 Å². The SMILES string of the molecule is CC(=O)c1c(Cl)cccc1S(C)(=O)=O. The van der Waals surface area contributed by atoms with Crippen molar-refractivity contribution >= 4 is 27.2 Å². The summed E-state index contributed by atoms with van der Waals surface area (Å²) >= 11 is 5.75. The van der Waals surface area contributed by atoms with Crippen molar-refractivity contribution in [2.75, 3.05) is 6.26 Å². The van der Waals surface area contributed by atoms with E-state index in [9.17, 15) is 13.2 Å². The van der Waals surface area contributed by atoms with Crippen molar-refractivity contribution in [2.45, 2.75) is 11.8 Å². The van der Waals surface area contributed by atoms with Crippen LogP contribution in [0, 0.1) is 0 Å². The number of hydrogen-bond donors (Lipinski definition) is 0. The van der Waals surface area contributed by atoms with Gasteiger partial charge in [0, 0.05) is 6.26 Å². The first-order chi connectivity index (χ1) is 6.34. The first kappa shape index (κ1) is 11.2. The van der Waals surface area contributed by atoms with Crippen LogP contribution in [0.15, 0.2) is 23.1 Å². The number of carbonyl (C=O) groups is 1. The van der Waals surface area contributed by atoms with Gasteiger partial charge in [-0.05, 0) is 19.1 Å². The van der Waals surface area contributed by atoms with Crippen LogP contribution >= 0.6 is 11.6 Å². The highest BCUT2D eigenvalue weighted by Crippen LogP contribution is 2.24. The molecule has 0 aliphatic rings. The molecule has 1 rings (SSSR count). The van der Waals surface area contributed by atoms with Gasteiger partial charge in [-0.15, -0.1) is 0 Å². The molecule has 0 N–H and O–H groups in total. The molecule has 5 heteroatoms. The maximum atomic E-state index is 11.3. The molecule has 0 aliphatic carbocycles. The van der Waals surface area contributed by atoms with Crippen molar-refractivity contribution in [2.24, 2.45) is 0 Å². The number of sulfone groups is 1. The van der Waals surface area contributed by atoms with Crippen LogP contribution in [0.5, 0.6) is 0 Å². The lowest BCUT2D eigenvalue weighted by Gasteiger charge is -2.05. The molecule has 3 nitrogen and oxygen atoms in total. The molecule has 1 aromatic rings. The first-order valence-corrected chi connectivity index (χ1v) is 6.10. The van der Waals surface area contributed by atoms with Crippen LogP contribution in [0.3, 0.4) is 0 Å². The molecule has 0 fully saturated rings. The van der Waals surface area contributed by atoms with Gasteiger partial charge >= 0.3 is 0 Å². The van der Waals surface area contributed by atoms with Crippen molar-refractivity contribution in [3.05, 3.63) is 28.8 Å². The summed E-state index contributed by atoms with van der Waals surface area (Å²) in [5.41, 5.74) is 0.0664. The Hall–Kier alpha value is -0.870. The number of ketones is 1. The number of benzene rings is 1. The maximum Gasteiger partial charge on any atom is 0.176 e. The fourth-order valence-electron chi connectivity index (χ4n) is 1.16. The highest BCUT2D eigenvalue weighted by Gasteiger charge is 2.18.